The molecule has 1 fully saturated rings. The number of ether oxygens (including phenoxy) is 2. The van der Waals surface area contributed by atoms with Gasteiger partial charge in [-0.05, 0) is 85.5 Å². The first-order chi connectivity index (χ1) is 18.4. The van der Waals surface area contributed by atoms with Crippen molar-refractivity contribution in [1.82, 2.24) is 10.6 Å². The van der Waals surface area contributed by atoms with E-state index in [1.807, 2.05) is 45.3 Å². The summed E-state index contributed by atoms with van der Waals surface area (Å²) in [5.74, 6) is 0.763. The minimum Gasteiger partial charge on any atom is -0.493 e. The van der Waals surface area contributed by atoms with E-state index in [4.69, 9.17) is 9.47 Å². The Morgan fingerprint density at radius 1 is 0.921 bits per heavy atom. The maximum Gasteiger partial charge on any atom is 0.267 e. The molecule has 198 valence electrons. The Morgan fingerprint density at radius 2 is 1.58 bits per heavy atom. The second kappa shape index (κ2) is 12.8. The molecular weight excluding hydrogens is 478 g/mol. The van der Waals surface area contributed by atoms with Gasteiger partial charge >= 0.3 is 0 Å². The van der Waals surface area contributed by atoms with Crippen LogP contribution in [0.4, 0.5) is 5.69 Å². The van der Waals surface area contributed by atoms with Crippen LogP contribution in [0, 0.1) is 0 Å². The fourth-order valence-corrected chi connectivity index (χ4v) is 3.75. The maximum absolute atomic E-state index is 12.9. The van der Waals surface area contributed by atoms with Crippen molar-refractivity contribution >= 4 is 23.6 Å². The normalized spacial score (nSPS) is 13.0. The lowest BCUT2D eigenvalue weighted by atomic mass is 10.1. The molecule has 0 radical (unpaired) electrons. The lowest BCUT2D eigenvalue weighted by Crippen LogP contribution is -2.34. The molecule has 1 aliphatic rings. The molecule has 1 aliphatic carbocycles. The van der Waals surface area contributed by atoms with E-state index < -0.39 is 0 Å². The first kappa shape index (κ1) is 26.8. The van der Waals surface area contributed by atoms with E-state index >= 15 is 0 Å². The smallest absolute Gasteiger partial charge is 0.267 e. The third kappa shape index (κ3) is 7.87. The second-order valence-electron chi connectivity index (χ2n) is 9.44. The first-order valence-corrected chi connectivity index (χ1v) is 13.0. The molecule has 3 aromatic rings. The number of carbonyl (C=O) groups is 2. The Kier molecular flexibility index (Phi) is 9.03. The van der Waals surface area contributed by atoms with Crippen LogP contribution in [0.5, 0.6) is 11.5 Å². The Morgan fingerprint density at radius 3 is 2.18 bits per heavy atom. The average Bonchev–Trinajstić information content (AvgIpc) is 3.74. The van der Waals surface area contributed by atoms with Gasteiger partial charge in [-0.3, -0.25) is 9.59 Å². The summed E-state index contributed by atoms with van der Waals surface area (Å²) in [7, 11) is 4.03. The van der Waals surface area contributed by atoms with Crippen molar-refractivity contribution < 1.29 is 19.1 Å². The predicted octanol–water partition coefficient (Wildman–Crippen LogP) is 4.82. The first-order valence-electron chi connectivity index (χ1n) is 13.0. The number of hydrogen-bond donors (Lipinski definition) is 2. The van der Waals surface area contributed by atoms with Gasteiger partial charge in [-0.2, -0.15) is 0 Å². The number of hydrogen-bond acceptors (Lipinski definition) is 5. The van der Waals surface area contributed by atoms with Crippen LogP contribution in [-0.4, -0.2) is 45.2 Å². The summed E-state index contributed by atoms with van der Waals surface area (Å²) >= 11 is 0. The highest BCUT2D eigenvalue weighted by atomic mass is 16.5. The molecule has 0 unspecified atom stereocenters. The molecule has 4 rings (SSSR count). The van der Waals surface area contributed by atoms with E-state index in [2.05, 4.69) is 39.8 Å². The quantitative estimate of drug-likeness (QED) is 0.340. The summed E-state index contributed by atoms with van der Waals surface area (Å²) in [5, 5.41) is 5.51. The summed E-state index contributed by atoms with van der Waals surface area (Å²) in [4.78, 5) is 27.6. The molecule has 2 amide bonds. The molecule has 0 aliphatic heterocycles. The fraction of sp³-hybridized carbons (Fsp3) is 0.290. The van der Waals surface area contributed by atoms with Crippen molar-refractivity contribution in [2.75, 3.05) is 32.1 Å². The van der Waals surface area contributed by atoms with Crippen molar-refractivity contribution in [2.45, 2.75) is 32.3 Å². The Hall–Kier alpha value is -4.26. The zero-order valence-electron chi connectivity index (χ0n) is 22.2. The number of likely N-dealkylation sites (N-methyl/N-ethyl adjacent to an activating group) is 1. The zero-order valence-corrected chi connectivity index (χ0v) is 22.2. The molecular formula is C31H35N3O4. The molecule has 0 saturated heterocycles. The largest absolute Gasteiger partial charge is 0.493 e. The summed E-state index contributed by atoms with van der Waals surface area (Å²) < 4.78 is 11.6. The predicted molar refractivity (Wildman–Crippen MR) is 151 cm³/mol. The summed E-state index contributed by atoms with van der Waals surface area (Å²) in [5.41, 5.74) is 3.74. The molecule has 2 N–H and O–H groups in total. The minimum atomic E-state index is -0.372. The van der Waals surface area contributed by atoms with Gasteiger partial charge in [-0.25, -0.2) is 0 Å². The highest BCUT2D eigenvalue weighted by molar-refractivity contribution is 6.05. The van der Waals surface area contributed by atoms with Crippen molar-refractivity contribution in [1.29, 1.82) is 0 Å². The Bertz CT molecular complexity index is 1250. The third-order valence-corrected chi connectivity index (χ3v) is 6.08. The van der Waals surface area contributed by atoms with Crippen molar-refractivity contribution in [3.05, 3.63) is 95.2 Å². The number of rotatable bonds is 12. The lowest BCUT2D eigenvalue weighted by Gasteiger charge is -2.13. The van der Waals surface area contributed by atoms with E-state index in [0.29, 0.717) is 30.6 Å². The fourth-order valence-electron chi connectivity index (χ4n) is 3.75. The Labute approximate surface area is 224 Å². The SMILES string of the molecule is CCNC(=O)C(=Cc1ccc(OC2CC2)cc1)NC(=O)c1ccc(OCCc2ccc(N(C)C)cc2)cc1. The van der Waals surface area contributed by atoms with Gasteiger partial charge in [0.15, 0.2) is 0 Å². The highest BCUT2D eigenvalue weighted by Gasteiger charge is 2.23. The number of anilines is 1. The van der Waals surface area contributed by atoms with Crippen LogP contribution in [0.25, 0.3) is 6.08 Å². The molecule has 7 heteroatoms. The third-order valence-electron chi connectivity index (χ3n) is 6.08. The van der Waals surface area contributed by atoms with E-state index in [-0.39, 0.29) is 17.5 Å². The van der Waals surface area contributed by atoms with Gasteiger partial charge < -0.3 is 25.0 Å². The number of nitrogens with one attached hydrogen (secondary N) is 2. The number of benzene rings is 3. The van der Waals surface area contributed by atoms with Crippen LogP contribution in [0.1, 0.15) is 41.3 Å². The minimum absolute atomic E-state index is 0.174. The molecule has 0 atom stereocenters. The summed E-state index contributed by atoms with van der Waals surface area (Å²) in [6.07, 6.45) is 4.94. The molecule has 3 aromatic carbocycles. The topological polar surface area (TPSA) is 79.9 Å². The van der Waals surface area contributed by atoms with Gasteiger partial charge in [0, 0.05) is 38.3 Å². The molecule has 1 saturated carbocycles. The van der Waals surface area contributed by atoms with Gasteiger partial charge in [0.05, 0.1) is 12.7 Å². The molecule has 0 bridgehead atoms. The molecule has 7 nitrogen and oxygen atoms in total. The van der Waals surface area contributed by atoms with Crippen molar-refractivity contribution in [3.8, 4) is 11.5 Å². The second-order valence-corrected chi connectivity index (χ2v) is 9.44. The maximum atomic E-state index is 12.9. The van der Waals surface area contributed by atoms with Gasteiger partial charge in [0.25, 0.3) is 11.8 Å². The molecule has 38 heavy (non-hydrogen) atoms. The lowest BCUT2D eigenvalue weighted by molar-refractivity contribution is -0.117. The van der Waals surface area contributed by atoms with Crippen LogP contribution >= 0.6 is 0 Å². The standard InChI is InChI=1S/C31H35N3O4/c1-4-32-31(36)29(21-23-7-13-27(14-8-23)38-28-17-18-28)33-30(35)24-9-15-26(16-10-24)37-20-19-22-5-11-25(12-6-22)34(2)3/h5-16,21,28H,4,17-20H2,1-3H3,(H,32,36)(H,33,35). The zero-order chi connectivity index (χ0) is 26.9. The highest BCUT2D eigenvalue weighted by Crippen LogP contribution is 2.27. The van der Waals surface area contributed by atoms with Gasteiger partial charge in [0.1, 0.15) is 17.2 Å². The molecule has 0 aromatic heterocycles. The number of amides is 2. The Balaban J connectivity index is 1.34. The van der Waals surface area contributed by atoms with Gasteiger partial charge in [0.2, 0.25) is 0 Å². The molecule has 0 heterocycles. The van der Waals surface area contributed by atoms with Gasteiger partial charge in [-0.15, -0.1) is 0 Å². The summed E-state index contributed by atoms with van der Waals surface area (Å²) in [6.45, 7) is 2.81. The van der Waals surface area contributed by atoms with Crippen LogP contribution in [0.3, 0.4) is 0 Å². The van der Waals surface area contributed by atoms with Crippen molar-refractivity contribution in [3.63, 3.8) is 0 Å². The molecule has 0 spiro atoms. The van der Waals surface area contributed by atoms with Crippen LogP contribution in [0.15, 0.2) is 78.5 Å². The van der Waals surface area contributed by atoms with E-state index in [0.717, 1.165) is 36.3 Å². The van der Waals surface area contributed by atoms with Crippen LogP contribution in [-0.2, 0) is 11.2 Å². The summed E-state index contributed by atoms with van der Waals surface area (Å²) in [6, 6.07) is 22.8. The monoisotopic (exact) mass is 513 g/mol. The average molecular weight is 514 g/mol. The van der Waals surface area contributed by atoms with Crippen LogP contribution in [0.2, 0.25) is 0 Å². The van der Waals surface area contributed by atoms with E-state index in [9.17, 15) is 9.59 Å². The number of carbonyl (C=O) groups excluding carboxylic acids is 2. The van der Waals surface area contributed by atoms with Gasteiger partial charge in [-0.1, -0.05) is 24.3 Å². The van der Waals surface area contributed by atoms with Crippen molar-refractivity contribution in [2.24, 2.45) is 0 Å². The van der Waals surface area contributed by atoms with E-state index in [1.54, 1.807) is 30.3 Å². The van der Waals surface area contributed by atoms with E-state index in [1.165, 1.54) is 5.56 Å². The number of nitrogens with zero attached hydrogens (tertiary/aromatic N) is 1. The van der Waals surface area contributed by atoms with Crippen LogP contribution < -0.4 is 25.0 Å².